The number of H-pyrrole nitrogens is 1. The van der Waals surface area contributed by atoms with Crippen LogP contribution in [-0.4, -0.2) is 32.5 Å². The number of hydrogen-bond donors (Lipinski definition) is 1. The molecular formula is C20H20N4O. The lowest BCUT2D eigenvalue weighted by Gasteiger charge is -2.31. The van der Waals surface area contributed by atoms with Gasteiger partial charge in [-0.2, -0.15) is 5.10 Å². The number of carbonyl (C=O) groups is 1. The van der Waals surface area contributed by atoms with Crippen molar-refractivity contribution in [3.05, 3.63) is 82.9 Å². The van der Waals surface area contributed by atoms with Gasteiger partial charge in [0.05, 0.1) is 6.04 Å². The van der Waals surface area contributed by atoms with Crippen molar-refractivity contribution in [2.45, 2.75) is 25.8 Å². The maximum Gasteiger partial charge on any atom is 0.272 e. The SMILES string of the molecule is Cc1cc([C@H]2c3ccccc3CCCN2C(=O)c2ccn[nH]2)ccn1. The van der Waals surface area contributed by atoms with Crippen molar-refractivity contribution in [3.8, 4) is 0 Å². The highest BCUT2D eigenvalue weighted by molar-refractivity contribution is 5.92. The predicted molar refractivity (Wildman–Crippen MR) is 95.2 cm³/mol. The number of fused-ring (bicyclic) bond motifs is 1. The Hall–Kier alpha value is -2.95. The standard InChI is InChI=1S/C20H20N4O/c1-14-13-16(8-10-21-14)19-17-7-3-2-5-15(17)6-4-12-24(19)20(25)18-9-11-22-23-18/h2-3,5,7-11,13,19H,4,6,12H2,1H3,(H,22,23)/t19-/m0/s1. The molecule has 3 heterocycles. The maximum atomic E-state index is 13.1. The van der Waals surface area contributed by atoms with Crippen molar-refractivity contribution < 1.29 is 4.79 Å². The lowest BCUT2D eigenvalue weighted by molar-refractivity contribution is 0.0704. The van der Waals surface area contributed by atoms with Crippen LogP contribution in [0.25, 0.3) is 0 Å². The first kappa shape index (κ1) is 15.6. The molecule has 2 aromatic heterocycles. The van der Waals surface area contributed by atoms with E-state index in [0.717, 1.165) is 24.1 Å². The van der Waals surface area contributed by atoms with Crippen LogP contribution in [0.5, 0.6) is 0 Å². The number of aromatic amines is 1. The lowest BCUT2D eigenvalue weighted by Crippen LogP contribution is -2.36. The Morgan fingerprint density at radius 2 is 2.08 bits per heavy atom. The second-order valence-electron chi connectivity index (χ2n) is 6.40. The molecule has 0 saturated heterocycles. The summed E-state index contributed by atoms with van der Waals surface area (Å²) in [5.74, 6) is -0.0198. The summed E-state index contributed by atoms with van der Waals surface area (Å²) < 4.78 is 0. The average molecular weight is 332 g/mol. The van der Waals surface area contributed by atoms with Crippen molar-refractivity contribution in [2.75, 3.05) is 6.54 Å². The fourth-order valence-corrected chi connectivity index (χ4v) is 3.61. The van der Waals surface area contributed by atoms with Crippen LogP contribution in [0.15, 0.2) is 54.9 Å². The number of amides is 1. The fraction of sp³-hybridized carbons (Fsp3) is 0.250. The monoisotopic (exact) mass is 332 g/mol. The first-order valence-corrected chi connectivity index (χ1v) is 8.55. The fourth-order valence-electron chi connectivity index (χ4n) is 3.61. The van der Waals surface area contributed by atoms with Crippen LogP contribution in [0.4, 0.5) is 0 Å². The Bertz CT molecular complexity index is 888. The molecule has 3 aromatic rings. The van der Waals surface area contributed by atoms with Crippen molar-refractivity contribution in [1.29, 1.82) is 0 Å². The van der Waals surface area contributed by atoms with Crippen LogP contribution in [0.3, 0.4) is 0 Å². The van der Waals surface area contributed by atoms with Gasteiger partial charge in [-0.15, -0.1) is 0 Å². The second kappa shape index (κ2) is 6.51. The van der Waals surface area contributed by atoms with Crippen LogP contribution in [-0.2, 0) is 6.42 Å². The molecule has 0 spiro atoms. The first-order valence-electron chi connectivity index (χ1n) is 8.55. The number of rotatable bonds is 2. The molecule has 25 heavy (non-hydrogen) atoms. The third-order valence-electron chi connectivity index (χ3n) is 4.73. The van der Waals surface area contributed by atoms with Crippen LogP contribution in [0, 0.1) is 6.92 Å². The highest BCUT2D eigenvalue weighted by Crippen LogP contribution is 2.35. The second-order valence-corrected chi connectivity index (χ2v) is 6.40. The minimum absolute atomic E-state index is 0.0198. The third kappa shape index (κ3) is 2.93. The Balaban J connectivity index is 1.85. The molecule has 1 N–H and O–H groups in total. The zero-order chi connectivity index (χ0) is 17.2. The Morgan fingerprint density at radius 1 is 1.20 bits per heavy atom. The summed E-state index contributed by atoms with van der Waals surface area (Å²) in [6, 6.07) is 14.1. The van der Waals surface area contributed by atoms with E-state index >= 15 is 0 Å². The summed E-state index contributed by atoms with van der Waals surface area (Å²) in [5, 5.41) is 6.74. The Morgan fingerprint density at radius 3 is 2.88 bits per heavy atom. The topological polar surface area (TPSA) is 61.9 Å². The van der Waals surface area contributed by atoms with E-state index < -0.39 is 0 Å². The molecule has 1 aromatic carbocycles. The van der Waals surface area contributed by atoms with E-state index in [0.29, 0.717) is 12.2 Å². The molecule has 0 unspecified atom stereocenters. The van der Waals surface area contributed by atoms with Crippen LogP contribution >= 0.6 is 0 Å². The summed E-state index contributed by atoms with van der Waals surface area (Å²) in [4.78, 5) is 19.4. The summed E-state index contributed by atoms with van der Waals surface area (Å²) >= 11 is 0. The van der Waals surface area contributed by atoms with Crippen molar-refractivity contribution >= 4 is 5.91 Å². The average Bonchev–Trinajstić information content (AvgIpc) is 3.09. The summed E-state index contributed by atoms with van der Waals surface area (Å²) in [5.41, 5.74) is 5.07. The van der Waals surface area contributed by atoms with Crippen LogP contribution in [0.2, 0.25) is 0 Å². The number of hydrogen-bond acceptors (Lipinski definition) is 3. The smallest absolute Gasteiger partial charge is 0.272 e. The van der Waals surface area contributed by atoms with Gasteiger partial charge in [0.25, 0.3) is 5.91 Å². The molecule has 1 aliphatic heterocycles. The molecule has 0 saturated carbocycles. The highest BCUT2D eigenvalue weighted by atomic mass is 16.2. The minimum atomic E-state index is -0.115. The molecule has 0 fully saturated rings. The normalized spacial score (nSPS) is 17.0. The van der Waals surface area contributed by atoms with Gasteiger partial charge < -0.3 is 4.90 Å². The van der Waals surface area contributed by atoms with Gasteiger partial charge in [0.2, 0.25) is 0 Å². The molecule has 126 valence electrons. The molecular weight excluding hydrogens is 312 g/mol. The van der Waals surface area contributed by atoms with Gasteiger partial charge in [-0.3, -0.25) is 14.9 Å². The van der Waals surface area contributed by atoms with Gasteiger partial charge in [0.1, 0.15) is 5.69 Å². The van der Waals surface area contributed by atoms with Gasteiger partial charge in [-0.25, -0.2) is 0 Å². The number of aromatic nitrogens is 3. The third-order valence-corrected chi connectivity index (χ3v) is 4.73. The predicted octanol–water partition coefficient (Wildman–Crippen LogP) is 3.29. The van der Waals surface area contributed by atoms with Gasteiger partial charge in [-0.05, 0) is 54.7 Å². The molecule has 0 radical (unpaired) electrons. The summed E-state index contributed by atoms with van der Waals surface area (Å²) in [6.07, 6.45) is 5.35. The van der Waals surface area contributed by atoms with E-state index in [1.807, 2.05) is 30.2 Å². The Kier molecular flexibility index (Phi) is 4.06. The zero-order valence-corrected chi connectivity index (χ0v) is 14.1. The molecule has 0 bridgehead atoms. The van der Waals surface area contributed by atoms with Crippen molar-refractivity contribution in [1.82, 2.24) is 20.1 Å². The van der Waals surface area contributed by atoms with E-state index in [4.69, 9.17) is 0 Å². The van der Waals surface area contributed by atoms with Gasteiger partial charge >= 0.3 is 0 Å². The number of nitrogens with zero attached hydrogens (tertiary/aromatic N) is 3. The number of carbonyl (C=O) groups excluding carboxylic acids is 1. The van der Waals surface area contributed by atoms with Crippen molar-refractivity contribution in [3.63, 3.8) is 0 Å². The first-order chi connectivity index (χ1) is 12.2. The maximum absolute atomic E-state index is 13.1. The van der Waals surface area contributed by atoms with Crippen LogP contribution in [0.1, 0.15) is 45.3 Å². The highest BCUT2D eigenvalue weighted by Gasteiger charge is 2.31. The largest absolute Gasteiger partial charge is 0.326 e. The van der Waals surface area contributed by atoms with Gasteiger partial charge in [0.15, 0.2) is 0 Å². The number of pyridine rings is 1. The molecule has 4 rings (SSSR count). The molecule has 0 aliphatic carbocycles. The lowest BCUT2D eigenvalue weighted by atomic mass is 9.93. The number of aryl methyl sites for hydroxylation is 2. The van der Waals surface area contributed by atoms with Gasteiger partial charge in [-0.1, -0.05) is 24.3 Å². The van der Waals surface area contributed by atoms with Gasteiger partial charge in [0, 0.05) is 24.6 Å². The molecule has 5 nitrogen and oxygen atoms in total. The molecule has 1 atom stereocenters. The minimum Gasteiger partial charge on any atom is -0.326 e. The number of nitrogens with one attached hydrogen (secondary N) is 1. The van der Waals surface area contributed by atoms with E-state index in [1.165, 1.54) is 11.1 Å². The van der Waals surface area contributed by atoms with E-state index in [-0.39, 0.29) is 11.9 Å². The van der Waals surface area contributed by atoms with Crippen molar-refractivity contribution in [2.24, 2.45) is 0 Å². The van der Waals surface area contributed by atoms with Crippen LogP contribution < -0.4 is 0 Å². The molecule has 1 aliphatic rings. The Labute approximate surface area is 146 Å². The zero-order valence-electron chi connectivity index (χ0n) is 14.1. The summed E-state index contributed by atoms with van der Waals surface area (Å²) in [6.45, 7) is 2.69. The quantitative estimate of drug-likeness (QED) is 0.783. The molecule has 1 amide bonds. The molecule has 5 heteroatoms. The number of benzene rings is 1. The summed E-state index contributed by atoms with van der Waals surface area (Å²) in [7, 11) is 0. The van der Waals surface area contributed by atoms with E-state index in [9.17, 15) is 4.79 Å². The van der Waals surface area contributed by atoms with E-state index in [1.54, 1.807) is 12.3 Å². The van der Waals surface area contributed by atoms with E-state index in [2.05, 4.69) is 39.4 Å².